The monoisotopic (exact) mass is 354 g/mol. The van der Waals surface area contributed by atoms with Crippen molar-refractivity contribution in [3.05, 3.63) is 28.0 Å². The van der Waals surface area contributed by atoms with Gasteiger partial charge in [-0.05, 0) is 45.6 Å². The Morgan fingerprint density at radius 2 is 1.91 bits per heavy atom. The molecule has 5 nitrogen and oxygen atoms in total. The van der Waals surface area contributed by atoms with E-state index in [1.54, 1.807) is 0 Å². The fourth-order valence-electron chi connectivity index (χ4n) is 2.85. The summed E-state index contributed by atoms with van der Waals surface area (Å²) < 4.78 is 1.82. The summed E-state index contributed by atoms with van der Waals surface area (Å²) in [6.07, 6.45) is 2.18. The van der Waals surface area contributed by atoms with E-state index in [-0.39, 0.29) is 18.3 Å². The highest BCUT2D eigenvalue weighted by Crippen LogP contribution is 2.26. The van der Waals surface area contributed by atoms with Crippen LogP contribution in [0.3, 0.4) is 0 Å². The molecule has 0 aliphatic carbocycles. The number of piperidine rings is 1. The lowest BCUT2D eigenvalue weighted by Gasteiger charge is -2.29. The van der Waals surface area contributed by atoms with Gasteiger partial charge >= 0.3 is 0 Å². The number of carbonyl (C=O) groups is 1. The molecular weight excluding hydrogens is 332 g/mol. The maximum Gasteiger partial charge on any atom is 0.265 e. The minimum absolute atomic E-state index is 0. The van der Waals surface area contributed by atoms with Crippen molar-refractivity contribution in [2.75, 3.05) is 13.1 Å². The van der Waals surface area contributed by atoms with E-state index in [2.05, 4.69) is 17.0 Å². The van der Waals surface area contributed by atoms with Gasteiger partial charge in [-0.1, -0.05) is 18.3 Å². The number of hydrogen-bond donors (Lipinski definition) is 0. The molecule has 2 aromatic rings. The molecular formula is C16H23ClN4OS. The van der Waals surface area contributed by atoms with Crippen LogP contribution in [0.2, 0.25) is 0 Å². The standard InChI is InChI=1S/C16H22N4OS.ClH/c1-10-5-7-19(8-6-10)15(21)14-13(4)17-16(22-14)20-12(3)9-11(2)18-20;/h9-10H,5-8H2,1-4H3;1H. The predicted molar refractivity (Wildman–Crippen MR) is 95.0 cm³/mol. The first-order valence-corrected chi connectivity index (χ1v) is 8.57. The number of hydrogen-bond acceptors (Lipinski definition) is 4. The van der Waals surface area contributed by atoms with Crippen LogP contribution in [0.15, 0.2) is 6.07 Å². The van der Waals surface area contributed by atoms with Crippen molar-refractivity contribution >= 4 is 29.7 Å². The third-order valence-corrected chi connectivity index (χ3v) is 5.36. The fraction of sp³-hybridized carbons (Fsp3) is 0.562. The molecule has 3 rings (SSSR count). The van der Waals surface area contributed by atoms with Gasteiger partial charge in [0.1, 0.15) is 4.88 Å². The van der Waals surface area contributed by atoms with Gasteiger partial charge in [0.2, 0.25) is 5.13 Å². The van der Waals surface area contributed by atoms with Crippen LogP contribution in [0, 0.1) is 26.7 Å². The quantitative estimate of drug-likeness (QED) is 0.828. The van der Waals surface area contributed by atoms with E-state index in [9.17, 15) is 4.79 Å². The number of aromatic nitrogens is 3. The van der Waals surface area contributed by atoms with E-state index in [0.29, 0.717) is 0 Å². The number of likely N-dealkylation sites (tertiary alicyclic amines) is 1. The fourth-order valence-corrected chi connectivity index (χ4v) is 3.90. The summed E-state index contributed by atoms with van der Waals surface area (Å²) in [6, 6.07) is 2.02. The highest BCUT2D eigenvalue weighted by atomic mass is 35.5. The second-order valence-corrected chi connectivity index (χ2v) is 7.20. The van der Waals surface area contributed by atoms with Crippen molar-refractivity contribution in [2.24, 2.45) is 5.92 Å². The highest BCUT2D eigenvalue weighted by Gasteiger charge is 2.25. The average Bonchev–Trinajstić information content (AvgIpc) is 3.01. The Morgan fingerprint density at radius 3 is 2.48 bits per heavy atom. The van der Waals surface area contributed by atoms with Crippen molar-refractivity contribution in [3.63, 3.8) is 0 Å². The number of nitrogens with zero attached hydrogens (tertiary/aromatic N) is 4. The molecule has 1 fully saturated rings. The Balaban J connectivity index is 0.00000192. The molecule has 1 saturated heterocycles. The summed E-state index contributed by atoms with van der Waals surface area (Å²) in [7, 11) is 0. The van der Waals surface area contributed by atoms with Crippen LogP contribution in [-0.2, 0) is 0 Å². The average molecular weight is 355 g/mol. The SMILES string of the molecule is Cc1cc(C)n(-c2nc(C)c(C(=O)N3CCC(C)CC3)s2)n1.Cl. The lowest BCUT2D eigenvalue weighted by molar-refractivity contribution is 0.0701. The summed E-state index contributed by atoms with van der Waals surface area (Å²) in [4.78, 5) is 20.0. The molecule has 7 heteroatoms. The second kappa shape index (κ2) is 7.01. The van der Waals surface area contributed by atoms with E-state index in [4.69, 9.17) is 0 Å². The third kappa shape index (κ3) is 3.58. The molecule has 0 radical (unpaired) electrons. The molecule has 1 amide bonds. The molecule has 0 aromatic carbocycles. The maximum atomic E-state index is 12.7. The lowest BCUT2D eigenvalue weighted by atomic mass is 9.99. The lowest BCUT2D eigenvalue weighted by Crippen LogP contribution is -2.37. The Kier molecular flexibility index (Phi) is 5.47. The van der Waals surface area contributed by atoms with Gasteiger partial charge in [-0.25, -0.2) is 9.67 Å². The van der Waals surface area contributed by atoms with Crippen LogP contribution in [0.1, 0.15) is 46.5 Å². The first-order chi connectivity index (χ1) is 10.5. The normalized spacial score (nSPS) is 15.6. The van der Waals surface area contributed by atoms with Gasteiger partial charge in [0, 0.05) is 18.8 Å². The van der Waals surface area contributed by atoms with Gasteiger partial charge in [-0.2, -0.15) is 5.10 Å². The molecule has 0 saturated carbocycles. The van der Waals surface area contributed by atoms with Gasteiger partial charge in [-0.3, -0.25) is 4.79 Å². The zero-order chi connectivity index (χ0) is 15.9. The van der Waals surface area contributed by atoms with Crippen LogP contribution in [0.25, 0.3) is 5.13 Å². The van der Waals surface area contributed by atoms with Gasteiger partial charge in [0.25, 0.3) is 5.91 Å². The van der Waals surface area contributed by atoms with E-state index >= 15 is 0 Å². The van der Waals surface area contributed by atoms with Crippen LogP contribution in [-0.4, -0.2) is 38.7 Å². The van der Waals surface area contributed by atoms with E-state index in [1.807, 2.05) is 36.4 Å². The van der Waals surface area contributed by atoms with Gasteiger partial charge in [0.05, 0.1) is 11.4 Å². The third-order valence-electron chi connectivity index (χ3n) is 4.24. The van der Waals surface area contributed by atoms with E-state index in [1.165, 1.54) is 11.3 Å². The Labute approximate surface area is 147 Å². The van der Waals surface area contributed by atoms with Crippen molar-refractivity contribution < 1.29 is 4.79 Å². The minimum atomic E-state index is 0. The minimum Gasteiger partial charge on any atom is -0.338 e. The first kappa shape index (κ1) is 17.9. The zero-order valence-electron chi connectivity index (χ0n) is 14.0. The number of rotatable bonds is 2. The largest absolute Gasteiger partial charge is 0.338 e. The van der Waals surface area contributed by atoms with Crippen molar-refractivity contribution in [1.29, 1.82) is 0 Å². The zero-order valence-corrected chi connectivity index (χ0v) is 15.6. The second-order valence-electron chi connectivity index (χ2n) is 6.22. The Bertz CT molecular complexity index is 701. The van der Waals surface area contributed by atoms with E-state index in [0.717, 1.165) is 58.9 Å². The summed E-state index contributed by atoms with van der Waals surface area (Å²) in [6.45, 7) is 9.83. The van der Waals surface area contributed by atoms with Crippen molar-refractivity contribution in [1.82, 2.24) is 19.7 Å². The first-order valence-electron chi connectivity index (χ1n) is 7.76. The van der Waals surface area contributed by atoms with Gasteiger partial charge in [0.15, 0.2) is 0 Å². The summed E-state index contributed by atoms with van der Waals surface area (Å²) in [5, 5.41) is 5.23. The number of carbonyl (C=O) groups excluding carboxylic acids is 1. The predicted octanol–water partition coefficient (Wildman–Crippen LogP) is 3.55. The molecule has 0 spiro atoms. The molecule has 1 aliphatic heterocycles. The number of halogens is 1. The topological polar surface area (TPSA) is 51.0 Å². The molecule has 0 unspecified atom stereocenters. The van der Waals surface area contributed by atoms with Crippen LogP contribution >= 0.6 is 23.7 Å². The molecule has 23 heavy (non-hydrogen) atoms. The summed E-state index contributed by atoms with van der Waals surface area (Å²) in [5.41, 5.74) is 2.80. The van der Waals surface area contributed by atoms with E-state index < -0.39 is 0 Å². The molecule has 0 bridgehead atoms. The molecule has 3 heterocycles. The van der Waals surface area contributed by atoms with Gasteiger partial charge < -0.3 is 4.90 Å². The van der Waals surface area contributed by atoms with Crippen LogP contribution < -0.4 is 0 Å². The van der Waals surface area contributed by atoms with Crippen LogP contribution in [0.4, 0.5) is 0 Å². The molecule has 126 valence electrons. The summed E-state index contributed by atoms with van der Waals surface area (Å²) in [5.74, 6) is 0.839. The van der Waals surface area contributed by atoms with Crippen molar-refractivity contribution in [2.45, 2.75) is 40.5 Å². The highest BCUT2D eigenvalue weighted by molar-refractivity contribution is 7.16. The number of aryl methyl sites for hydroxylation is 3. The maximum absolute atomic E-state index is 12.7. The summed E-state index contributed by atoms with van der Waals surface area (Å²) >= 11 is 1.44. The Morgan fingerprint density at radius 1 is 1.26 bits per heavy atom. The number of amides is 1. The molecule has 0 N–H and O–H groups in total. The number of thiazole rings is 1. The molecule has 1 aliphatic rings. The smallest absolute Gasteiger partial charge is 0.265 e. The van der Waals surface area contributed by atoms with Gasteiger partial charge in [-0.15, -0.1) is 12.4 Å². The molecule has 2 aromatic heterocycles. The van der Waals surface area contributed by atoms with Crippen LogP contribution in [0.5, 0.6) is 0 Å². The Hall–Kier alpha value is -1.40. The van der Waals surface area contributed by atoms with Crippen molar-refractivity contribution in [3.8, 4) is 5.13 Å². The molecule has 0 atom stereocenters.